The molecular weight excluding hydrogens is 506 g/mol. The summed E-state index contributed by atoms with van der Waals surface area (Å²) in [6.45, 7) is 3.24. The molecule has 0 unspecified atom stereocenters. The number of guanidine groups is 1. The highest BCUT2D eigenvalue weighted by Crippen LogP contribution is 2.15. The van der Waals surface area contributed by atoms with Crippen LogP contribution < -0.4 is 10.6 Å². The highest BCUT2D eigenvalue weighted by Gasteiger charge is 2.05. The normalized spacial score (nSPS) is 11.1. The number of hydrogen-bond acceptors (Lipinski definition) is 3. The first kappa shape index (κ1) is 21.3. The summed E-state index contributed by atoms with van der Waals surface area (Å²) in [5.41, 5.74) is 0.592. The van der Waals surface area contributed by atoms with Gasteiger partial charge in [0, 0.05) is 47.7 Å². The largest absolute Gasteiger partial charge is 0.356 e. The Morgan fingerprint density at radius 2 is 2.17 bits per heavy atom. The molecule has 1 heterocycles. The number of nitrogens with one attached hydrogen (secondary N) is 2. The first-order valence-corrected chi connectivity index (χ1v) is 9.05. The van der Waals surface area contributed by atoms with Crippen LogP contribution in [0, 0.1) is 5.82 Å². The first-order valence-electron chi connectivity index (χ1n) is 7.44. The molecule has 0 atom stereocenters. The third kappa shape index (κ3) is 6.64. The van der Waals surface area contributed by atoms with E-state index in [1.165, 1.54) is 10.9 Å². The molecule has 0 aliphatic carbocycles. The third-order valence-electron chi connectivity index (χ3n) is 3.26. The molecule has 24 heavy (non-hydrogen) atoms. The molecule has 0 fully saturated rings. The number of aromatic nitrogens is 1. The van der Waals surface area contributed by atoms with Crippen LogP contribution in [-0.4, -0.2) is 24.5 Å². The van der Waals surface area contributed by atoms with Gasteiger partial charge in [0.2, 0.25) is 0 Å². The first-order chi connectivity index (χ1) is 11.1. The minimum atomic E-state index is -0.231. The van der Waals surface area contributed by atoms with Crippen molar-refractivity contribution in [1.29, 1.82) is 0 Å². The van der Waals surface area contributed by atoms with Gasteiger partial charge in [-0.1, -0.05) is 22.9 Å². The smallest absolute Gasteiger partial charge is 0.191 e. The fourth-order valence-electron chi connectivity index (χ4n) is 1.99. The van der Waals surface area contributed by atoms with Gasteiger partial charge in [-0.3, -0.25) is 4.99 Å². The molecule has 0 amide bonds. The van der Waals surface area contributed by atoms with Gasteiger partial charge in [-0.25, -0.2) is 9.37 Å². The Morgan fingerprint density at radius 3 is 2.83 bits per heavy atom. The van der Waals surface area contributed by atoms with E-state index in [4.69, 9.17) is 0 Å². The molecule has 0 aliphatic heterocycles. The van der Waals surface area contributed by atoms with E-state index >= 15 is 0 Å². The summed E-state index contributed by atoms with van der Waals surface area (Å²) in [7, 11) is 1.70. The van der Waals surface area contributed by atoms with E-state index in [0.717, 1.165) is 28.9 Å². The molecule has 132 valence electrons. The quantitative estimate of drug-likeness (QED) is 0.338. The second-order valence-corrected chi connectivity index (χ2v) is 7.03. The Morgan fingerprint density at radius 1 is 1.38 bits per heavy atom. The van der Waals surface area contributed by atoms with Gasteiger partial charge in [0.25, 0.3) is 0 Å². The predicted molar refractivity (Wildman–Crippen MR) is 113 cm³/mol. The topological polar surface area (TPSA) is 49.3 Å². The number of benzene rings is 1. The molecule has 0 aliphatic rings. The van der Waals surface area contributed by atoms with Gasteiger partial charge < -0.3 is 10.6 Å². The van der Waals surface area contributed by atoms with Gasteiger partial charge >= 0.3 is 0 Å². The van der Waals surface area contributed by atoms with Gasteiger partial charge in [0.15, 0.2) is 5.96 Å². The van der Waals surface area contributed by atoms with E-state index < -0.39 is 0 Å². The highest BCUT2D eigenvalue weighted by molar-refractivity contribution is 14.0. The van der Waals surface area contributed by atoms with Crippen molar-refractivity contribution in [2.75, 3.05) is 13.6 Å². The van der Waals surface area contributed by atoms with Crippen molar-refractivity contribution < 1.29 is 4.39 Å². The van der Waals surface area contributed by atoms with Gasteiger partial charge in [0.05, 0.1) is 5.01 Å². The van der Waals surface area contributed by atoms with Gasteiger partial charge in [-0.2, -0.15) is 0 Å². The lowest BCUT2D eigenvalue weighted by atomic mass is 10.2. The summed E-state index contributed by atoms with van der Waals surface area (Å²) in [6.07, 6.45) is 3.80. The van der Waals surface area contributed by atoms with Crippen LogP contribution in [0.25, 0.3) is 0 Å². The van der Waals surface area contributed by atoms with E-state index in [9.17, 15) is 4.39 Å². The second-order valence-electron chi connectivity index (χ2n) is 4.91. The zero-order valence-electron chi connectivity index (χ0n) is 13.6. The Bertz CT molecular complexity index is 678. The number of nitrogens with zero attached hydrogens (tertiary/aromatic N) is 2. The number of thiazole rings is 1. The Labute approximate surface area is 171 Å². The molecule has 0 bridgehead atoms. The maximum Gasteiger partial charge on any atom is 0.191 e. The van der Waals surface area contributed by atoms with Crippen molar-refractivity contribution in [1.82, 2.24) is 15.6 Å². The number of hydrogen-bond donors (Lipinski definition) is 2. The average molecular weight is 527 g/mol. The lowest BCUT2D eigenvalue weighted by molar-refractivity contribution is 0.604. The molecule has 0 saturated heterocycles. The van der Waals surface area contributed by atoms with E-state index in [0.29, 0.717) is 18.1 Å². The fraction of sp³-hybridized carbons (Fsp3) is 0.375. The number of aliphatic imine (C=N–C) groups is 1. The van der Waals surface area contributed by atoms with Crippen LogP contribution in [0.5, 0.6) is 0 Å². The average Bonchev–Trinajstić information content (AvgIpc) is 3.01. The van der Waals surface area contributed by atoms with E-state index in [1.54, 1.807) is 30.5 Å². The van der Waals surface area contributed by atoms with Gasteiger partial charge in [-0.05, 0) is 24.6 Å². The minimum Gasteiger partial charge on any atom is -0.356 e. The van der Waals surface area contributed by atoms with Crippen molar-refractivity contribution in [2.24, 2.45) is 4.99 Å². The van der Waals surface area contributed by atoms with Crippen molar-refractivity contribution in [2.45, 2.75) is 26.3 Å². The Hall–Kier alpha value is -0.740. The maximum atomic E-state index is 13.7. The van der Waals surface area contributed by atoms with E-state index in [-0.39, 0.29) is 29.8 Å². The lowest BCUT2D eigenvalue weighted by Gasteiger charge is -2.12. The van der Waals surface area contributed by atoms with Crippen molar-refractivity contribution in [3.63, 3.8) is 0 Å². The Kier molecular flexibility index (Phi) is 9.75. The summed E-state index contributed by atoms with van der Waals surface area (Å²) in [6, 6.07) is 4.90. The molecular formula is C16H21BrFIN4S. The summed E-state index contributed by atoms with van der Waals surface area (Å²) >= 11 is 5.09. The van der Waals surface area contributed by atoms with Crippen LogP contribution in [0.2, 0.25) is 0 Å². The summed E-state index contributed by atoms with van der Waals surface area (Å²) in [5.74, 6) is 0.419. The standard InChI is InChI=1S/C16H20BrFN4S.HI/c1-3-13-10-21-15(23-13)6-7-20-16(19-2)22-9-11-8-12(17)4-5-14(11)18;/h4-5,8,10H,3,6-7,9H2,1-2H3,(H2,19,20,22);1H. The van der Waals surface area contributed by atoms with Crippen molar-refractivity contribution in [3.05, 3.63) is 50.1 Å². The number of aryl methyl sites for hydroxylation is 1. The van der Waals surface area contributed by atoms with E-state index in [2.05, 4.69) is 43.5 Å². The van der Waals surface area contributed by atoms with Crippen LogP contribution >= 0.6 is 51.2 Å². The Balaban J connectivity index is 0.00000288. The van der Waals surface area contributed by atoms with Gasteiger partial charge in [-0.15, -0.1) is 35.3 Å². The molecule has 2 aromatic rings. The molecule has 8 heteroatoms. The minimum absolute atomic E-state index is 0. The molecule has 2 N–H and O–H groups in total. The number of halogens is 3. The SMILES string of the molecule is CCc1cnc(CCNC(=NC)NCc2cc(Br)ccc2F)s1.I. The maximum absolute atomic E-state index is 13.7. The highest BCUT2D eigenvalue weighted by atomic mass is 127. The fourth-order valence-corrected chi connectivity index (χ4v) is 3.26. The van der Waals surface area contributed by atoms with Crippen LogP contribution in [0.3, 0.4) is 0 Å². The van der Waals surface area contributed by atoms with Gasteiger partial charge in [0.1, 0.15) is 5.82 Å². The van der Waals surface area contributed by atoms with Crippen LogP contribution in [0.1, 0.15) is 22.4 Å². The lowest BCUT2D eigenvalue weighted by Crippen LogP contribution is -2.38. The molecule has 0 spiro atoms. The van der Waals surface area contributed by atoms with E-state index in [1.807, 2.05) is 6.20 Å². The molecule has 4 nitrogen and oxygen atoms in total. The van der Waals surface area contributed by atoms with Crippen molar-refractivity contribution >= 4 is 57.2 Å². The molecule has 0 radical (unpaired) electrons. The summed E-state index contributed by atoms with van der Waals surface area (Å²) in [5, 5.41) is 7.45. The zero-order chi connectivity index (χ0) is 16.7. The summed E-state index contributed by atoms with van der Waals surface area (Å²) < 4.78 is 14.6. The molecule has 1 aromatic carbocycles. The monoisotopic (exact) mass is 526 g/mol. The zero-order valence-corrected chi connectivity index (χ0v) is 18.3. The molecule has 1 aromatic heterocycles. The number of rotatable bonds is 6. The van der Waals surface area contributed by atoms with Crippen LogP contribution in [0.15, 0.2) is 33.9 Å². The third-order valence-corrected chi connectivity index (χ3v) is 4.95. The second kappa shape index (κ2) is 11.0. The van der Waals surface area contributed by atoms with Crippen molar-refractivity contribution in [3.8, 4) is 0 Å². The molecule has 2 rings (SSSR count). The van der Waals surface area contributed by atoms with Crippen LogP contribution in [-0.2, 0) is 19.4 Å². The van der Waals surface area contributed by atoms with Crippen LogP contribution in [0.4, 0.5) is 4.39 Å². The predicted octanol–water partition coefficient (Wildman–Crippen LogP) is 4.13. The molecule has 0 saturated carbocycles. The summed E-state index contributed by atoms with van der Waals surface area (Å²) in [4.78, 5) is 9.84.